The Morgan fingerprint density at radius 2 is 2.38 bits per heavy atom. The largest absolute Gasteiger partial charge is 0.507 e. The molecule has 16 heavy (non-hydrogen) atoms. The highest BCUT2D eigenvalue weighted by Crippen LogP contribution is 2.29. The van der Waals surface area contributed by atoms with Crippen molar-refractivity contribution in [1.29, 1.82) is 0 Å². The number of nitrogens with zero attached hydrogens (tertiary/aromatic N) is 1. The lowest BCUT2D eigenvalue weighted by molar-refractivity contribution is 0.469. The molecule has 0 aromatic carbocycles. The summed E-state index contributed by atoms with van der Waals surface area (Å²) >= 11 is 0. The van der Waals surface area contributed by atoms with Gasteiger partial charge in [-0.2, -0.15) is 9.37 Å². The average Bonchev–Trinajstić information content (AvgIpc) is 2.62. The van der Waals surface area contributed by atoms with Gasteiger partial charge in [0, 0.05) is 11.6 Å². The zero-order valence-electron chi connectivity index (χ0n) is 8.96. The van der Waals surface area contributed by atoms with Crippen LogP contribution in [-0.2, 0) is 6.42 Å². The molecular weight excluding hydrogens is 211 g/mol. The zero-order chi connectivity index (χ0) is 11.5. The van der Waals surface area contributed by atoms with Crippen molar-refractivity contribution in [2.45, 2.75) is 13.3 Å². The minimum absolute atomic E-state index is 0.122. The number of halogens is 1. The van der Waals surface area contributed by atoms with E-state index in [1.165, 1.54) is 6.26 Å². The number of aromatic hydroxyl groups is 1. The van der Waals surface area contributed by atoms with Crippen molar-refractivity contribution in [3.63, 3.8) is 0 Å². The normalized spacial score (nSPS) is 11.1. The Morgan fingerprint density at radius 3 is 3.12 bits per heavy atom. The van der Waals surface area contributed by atoms with Crippen LogP contribution in [0, 0.1) is 5.95 Å². The fraction of sp³-hybridized carbons (Fsp3) is 0.364. The first kappa shape index (κ1) is 10.9. The molecule has 86 valence electrons. The van der Waals surface area contributed by atoms with Gasteiger partial charge in [-0.1, -0.05) is 6.92 Å². The molecular formula is C11H13FN2O2. The van der Waals surface area contributed by atoms with Crippen molar-refractivity contribution < 1.29 is 13.9 Å². The maximum Gasteiger partial charge on any atom is 0.232 e. The summed E-state index contributed by atoms with van der Waals surface area (Å²) in [6.45, 7) is 3.68. The van der Waals surface area contributed by atoms with Crippen LogP contribution >= 0.6 is 0 Å². The number of fused-ring (bicyclic) bond motifs is 1. The van der Waals surface area contributed by atoms with E-state index in [1.54, 1.807) is 0 Å². The summed E-state index contributed by atoms with van der Waals surface area (Å²) in [5.41, 5.74) is 0.977. The summed E-state index contributed by atoms with van der Waals surface area (Å²) < 4.78 is 18.0. The monoisotopic (exact) mass is 224 g/mol. The number of furan rings is 1. The van der Waals surface area contributed by atoms with Crippen LogP contribution in [0.3, 0.4) is 0 Å². The molecule has 0 saturated carbocycles. The molecule has 0 aliphatic rings. The van der Waals surface area contributed by atoms with E-state index in [-0.39, 0.29) is 11.5 Å². The third-order valence-electron chi connectivity index (χ3n) is 2.39. The maximum atomic E-state index is 12.9. The van der Waals surface area contributed by atoms with Gasteiger partial charge in [-0.05, 0) is 19.5 Å². The van der Waals surface area contributed by atoms with Crippen molar-refractivity contribution in [2.24, 2.45) is 0 Å². The highest BCUT2D eigenvalue weighted by Gasteiger charge is 2.13. The van der Waals surface area contributed by atoms with Crippen LogP contribution in [0.15, 0.2) is 16.7 Å². The lowest BCUT2D eigenvalue weighted by Gasteiger charge is -2.00. The summed E-state index contributed by atoms with van der Waals surface area (Å²) in [4.78, 5) is 3.57. The first-order chi connectivity index (χ1) is 7.72. The molecule has 0 saturated heterocycles. The van der Waals surface area contributed by atoms with Crippen LogP contribution in [-0.4, -0.2) is 23.2 Å². The number of aromatic nitrogens is 1. The van der Waals surface area contributed by atoms with Crippen LogP contribution in [0.2, 0.25) is 0 Å². The molecule has 2 aromatic rings. The van der Waals surface area contributed by atoms with Gasteiger partial charge in [-0.25, -0.2) is 0 Å². The third-order valence-corrected chi connectivity index (χ3v) is 2.39. The molecule has 0 amide bonds. The number of hydrogen-bond acceptors (Lipinski definition) is 4. The van der Waals surface area contributed by atoms with E-state index in [0.717, 1.165) is 24.7 Å². The molecule has 0 aliphatic carbocycles. The number of nitrogens with one attached hydrogen (secondary N) is 1. The first-order valence-electron chi connectivity index (χ1n) is 5.18. The Bertz CT molecular complexity index is 496. The first-order valence-corrected chi connectivity index (χ1v) is 5.18. The second-order valence-corrected chi connectivity index (χ2v) is 3.51. The van der Waals surface area contributed by atoms with Gasteiger partial charge in [0.15, 0.2) is 0 Å². The lowest BCUT2D eigenvalue weighted by Crippen LogP contribution is -2.15. The molecule has 0 radical (unpaired) electrons. The van der Waals surface area contributed by atoms with Crippen LogP contribution < -0.4 is 5.32 Å². The Labute approximate surface area is 92.1 Å². The minimum Gasteiger partial charge on any atom is -0.507 e. The minimum atomic E-state index is -0.738. The quantitative estimate of drug-likeness (QED) is 0.614. The molecule has 5 heteroatoms. The van der Waals surface area contributed by atoms with Gasteiger partial charge in [0.2, 0.25) is 11.7 Å². The molecule has 0 spiro atoms. The predicted molar refractivity (Wildman–Crippen MR) is 57.9 cm³/mol. The molecule has 2 N–H and O–H groups in total. The smallest absolute Gasteiger partial charge is 0.232 e. The Hall–Kier alpha value is -1.62. The molecule has 0 fully saturated rings. The van der Waals surface area contributed by atoms with Crippen LogP contribution in [0.1, 0.15) is 12.5 Å². The second-order valence-electron chi connectivity index (χ2n) is 3.51. The van der Waals surface area contributed by atoms with Gasteiger partial charge >= 0.3 is 0 Å². The van der Waals surface area contributed by atoms with E-state index >= 15 is 0 Å². The summed E-state index contributed by atoms with van der Waals surface area (Å²) in [7, 11) is 0. The highest BCUT2D eigenvalue weighted by atomic mass is 19.1. The SMILES string of the molecule is CCNCCc1coc2nc(F)cc(O)c12. The van der Waals surface area contributed by atoms with E-state index in [9.17, 15) is 9.50 Å². The second kappa shape index (κ2) is 4.49. The number of likely N-dealkylation sites (N-methyl/N-ethyl adjacent to an activating group) is 1. The molecule has 2 rings (SSSR count). The van der Waals surface area contributed by atoms with E-state index in [4.69, 9.17) is 4.42 Å². The molecule has 2 heterocycles. The summed E-state index contributed by atoms with van der Waals surface area (Å²) in [5, 5.41) is 13.3. The van der Waals surface area contributed by atoms with Gasteiger partial charge in [-0.15, -0.1) is 0 Å². The maximum absolute atomic E-state index is 12.9. The van der Waals surface area contributed by atoms with E-state index in [1.807, 2.05) is 6.92 Å². The Kier molecular flexibility index (Phi) is 3.05. The summed E-state index contributed by atoms with van der Waals surface area (Å²) in [5.74, 6) is -0.861. The average molecular weight is 224 g/mol. The fourth-order valence-corrected chi connectivity index (χ4v) is 1.64. The molecule has 0 unspecified atom stereocenters. The van der Waals surface area contributed by atoms with E-state index in [0.29, 0.717) is 11.8 Å². The van der Waals surface area contributed by atoms with Crippen molar-refractivity contribution in [3.8, 4) is 5.75 Å². The molecule has 0 aliphatic heterocycles. The van der Waals surface area contributed by atoms with Gasteiger partial charge in [-0.3, -0.25) is 0 Å². The molecule has 0 bridgehead atoms. The Morgan fingerprint density at radius 1 is 1.56 bits per heavy atom. The Balaban J connectivity index is 2.33. The molecule has 2 aromatic heterocycles. The van der Waals surface area contributed by atoms with Crippen molar-refractivity contribution in [3.05, 3.63) is 23.8 Å². The number of pyridine rings is 1. The number of hydrogen-bond donors (Lipinski definition) is 2. The third kappa shape index (κ3) is 1.99. The van der Waals surface area contributed by atoms with Crippen molar-refractivity contribution >= 4 is 11.1 Å². The highest BCUT2D eigenvalue weighted by molar-refractivity contribution is 5.84. The van der Waals surface area contributed by atoms with Crippen molar-refractivity contribution in [1.82, 2.24) is 10.3 Å². The topological polar surface area (TPSA) is 58.3 Å². The van der Waals surface area contributed by atoms with E-state index < -0.39 is 5.95 Å². The van der Waals surface area contributed by atoms with Gasteiger partial charge in [0.25, 0.3) is 0 Å². The summed E-state index contributed by atoms with van der Waals surface area (Å²) in [6, 6.07) is 0.995. The molecule has 4 nitrogen and oxygen atoms in total. The van der Waals surface area contributed by atoms with Crippen LogP contribution in [0.5, 0.6) is 5.75 Å². The number of rotatable bonds is 4. The fourth-order valence-electron chi connectivity index (χ4n) is 1.64. The van der Waals surface area contributed by atoms with Gasteiger partial charge < -0.3 is 14.8 Å². The lowest BCUT2D eigenvalue weighted by atomic mass is 10.1. The van der Waals surface area contributed by atoms with Gasteiger partial charge in [0.1, 0.15) is 5.75 Å². The standard InChI is InChI=1S/C11H13FN2O2/c1-2-13-4-3-7-6-16-11-10(7)8(15)5-9(12)14-11/h5-6,13H,2-4H2,1H3,(H,14,15). The van der Waals surface area contributed by atoms with Crippen LogP contribution in [0.25, 0.3) is 11.1 Å². The van der Waals surface area contributed by atoms with Crippen LogP contribution in [0.4, 0.5) is 4.39 Å². The summed E-state index contributed by atoms with van der Waals surface area (Å²) in [6.07, 6.45) is 2.22. The van der Waals surface area contributed by atoms with E-state index in [2.05, 4.69) is 10.3 Å². The predicted octanol–water partition coefficient (Wildman–Crippen LogP) is 1.82. The molecule has 0 atom stereocenters. The van der Waals surface area contributed by atoms with Crippen molar-refractivity contribution in [2.75, 3.05) is 13.1 Å². The van der Waals surface area contributed by atoms with Gasteiger partial charge in [0.05, 0.1) is 11.6 Å². The zero-order valence-corrected chi connectivity index (χ0v) is 8.96.